The third kappa shape index (κ3) is 4.85. The third-order valence-electron chi connectivity index (χ3n) is 3.81. The Morgan fingerprint density at radius 2 is 2.00 bits per heavy atom. The first-order valence-electron chi connectivity index (χ1n) is 6.97. The van der Waals surface area contributed by atoms with Gasteiger partial charge in [0, 0.05) is 18.2 Å². The maximum absolute atomic E-state index is 12.2. The summed E-state index contributed by atoms with van der Waals surface area (Å²) in [5.41, 5.74) is 6.96. The van der Waals surface area contributed by atoms with Crippen molar-refractivity contribution in [2.24, 2.45) is 11.7 Å². The minimum absolute atomic E-state index is 0. The van der Waals surface area contributed by atoms with Crippen LogP contribution in [0, 0.1) is 5.92 Å². The Bertz CT molecular complexity index is 465. The molecular formula is C15H22Cl2N2O2. The Morgan fingerprint density at radius 1 is 1.38 bits per heavy atom. The minimum Gasteiger partial charge on any atom is -0.381 e. The maximum Gasteiger partial charge on any atom is 0.237 e. The summed E-state index contributed by atoms with van der Waals surface area (Å²) in [5.74, 6) is 0.0755. The fourth-order valence-electron chi connectivity index (χ4n) is 2.50. The molecule has 1 aliphatic heterocycles. The molecule has 4 nitrogen and oxygen atoms in total. The molecule has 0 radical (unpaired) electrons. The molecule has 0 aliphatic carbocycles. The van der Waals surface area contributed by atoms with Crippen LogP contribution in [0.15, 0.2) is 24.3 Å². The number of nitrogens with one attached hydrogen (secondary N) is 1. The SMILES string of the molecule is CC(NC(=O)C(N)C1CCOCC1)c1ccccc1Cl.Cl. The van der Waals surface area contributed by atoms with Crippen molar-refractivity contribution in [1.29, 1.82) is 0 Å². The Hall–Kier alpha value is -0.810. The lowest BCUT2D eigenvalue weighted by molar-refractivity contribution is -0.125. The van der Waals surface area contributed by atoms with Crippen LogP contribution in [-0.4, -0.2) is 25.2 Å². The summed E-state index contributed by atoms with van der Waals surface area (Å²) in [6.07, 6.45) is 1.68. The van der Waals surface area contributed by atoms with E-state index in [1.54, 1.807) is 0 Å². The molecule has 21 heavy (non-hydrogen) atoms. The van der Waals surface area contributed by atoms with E-state index < -0.39 is 6.04 Å². The summed E-state index contributed by atoms with van der Waals surface area (Å²) >= 11 is 6.13. The molecule has 1 heterocycles. The van der Waals surface area contributed by atoms with Crippen LogP contribution in [0.2, 0.25) is 5.02 Å². The van der Waals surface area contributed by atoms with Crippen molar-refractivity contribution in [2.75, 3.05) is 13.2 Å². The topological polar surface area (TPSA) is 64.4 Å². The Kier molecular flexibility index (Phi) is 7.46. The highest BCUT2D eigenvalue weighted by molar-refractivity contribution is 6.31. The number of carbonyl (C=O) groups is 1. The zero-order chi connectivity index (χ0) is 14.5. The molecule has 1 saturated heterocycles. The van der Waals surface area contributed by atoms with E-state index in [1.165, 1.54) is 0 Å². The van der Waals surface area contributed by atoms with Crippen LogP contribution < -0.4 is 11.1 Å². The lowest BCUT2D eigenvalue weighted by Crippen LogP contribution is -2.47. The molecule has 118 valence electrons. The van der Waals surface area contributed by atoms with Crippen molar-refractivity contribution in [3.05, 3.63) is 34.9 Å². The van der Waals surface area contributed by atoms with E-state index in [1.807, 2.05) is 31.2 Å². The summed E-state index contributed by atoms with van der Waals surface area (Å²) < 4.78 is 5.29. The summed E-state index contributed by atoms with van der Waals surface area (Å²) in [7, 11) is 0. The van der Waals surface area contributed by atoms with E-state index >= 15 is 0 Å². The van der Waals surface area contributed by atoms with Crippen LogP contribution in [0.4, 0.5) is 0 Å². The number of hydrogen-bond donors (Lipinski definition) is 2. The Labute approximate surface area is 136 Å². The van der Waals surface area contributed by atoms with Gasteiger partial charge in [0.25, 0.3) is 0 Å². The Balaban J connectivity index is 0.00000220. The average Bonchev–Trinajstić information content (AvgIpc) is 2.47. The summed E-state index contributed by atoms with van der Waals surface area (Å²) in [6, 6.07) is 6.87. The minimum atomic E-state index is -0.483. The molecule has 1 aliphatic rings. The number of halogens is 2. The molecule has 0 saturated carbocycles. The molecule has 0 aromatic heterocycles. The van der Waals surface area contributed by atoms with Gasteiger partial charge in [0.05, 0.1) is 12.1 Å². The number of carbonyl (C=O) groups excluding carboxylic acids is 1. The first kappa shape index (κ1) is 18.2. The molecule has 2 unspecified atom stereocenters. The van der Waals surface area contributed by atoms with Crippen LogP contribution in [-0.2, 0) is 9.53 Å². The molecule has 6 heteroatoms. The number of nitrogens with two attached hydrogens (primary N) is 1. The van der Waals surface area contributed by atoms with Gasteiger partial charge in [-0.3, -0.25) is 4.79 Å². The molecule has 2 rings (SSSR count). The Morgan fingerprint density at radius 3 is 2.62 bits per heavy atom. The van der Waals surface area contributed by atoms with Gasteiger partial charge in [0.2, 0.25) is 5.91 Å². The van der Waals surface area contributed by atoms with Gasteiger partial charge in [0.15, 0.2) is 0 Å². The fraction of sp³-hybridized carbons (Fsp3) is 0.533. The molecule has 2 atom stereocenters. The monoisotopic (exact) mass is 332 g/mol. The highest BCUT2D eigenvalue weighted by atomic mass is 35.5. The molecule has 1 fully saturated rings. The number of rotatable bonds is 4. The number of amides is 1. The van der Waals surface area contributed by atoms with E-state index in [9.17, 15) is 4.79 Å². The molecule has 1 aromatic rings. The van der Waals surface area contributed by atoms with Crippen LogP contribution in [0.1, 0.15) is 31.4 Å². The average molecular weight is 333 g/mol. The second kappa shape index (κ2) is 8.59. The van der Waals surface area contributed by atoms with E-state index in [-0.39, 0.29) is 30.3 Å². The second-order valence-electron chi connectivity index (χ2n) is 5.23. The first-order valence-corrected chi connectivity index (χ1v) is 7.35. The van der Waals surface area contributed by atoms with Gasteiger partial charge < -0.3 is 15.8 Å². The van der Waals surface area contributed by atoms with Crippen molar-refractivity contribution in [3.8, 4) is 0 Å². The van der Waals surface area contributed by atoms with Crippen LogP contribution in [0.5, 0.6) is 0 Å². The second-order valence-corrected chi connectivity index (χ2v) is 5.63. The van der Waals surface area contributed by atoms with Gasteiger partial charge in [-0.2, -0.15) is 0 Å². The van der Waals surface area contributed by atoms with Gasteiger partial charge >= 0.3 is 0 Å². The van der Waals surface area contributed by atoms with Crippen molar-refractivity contribution >= 4 is 29.9 Å². The highest BCUT2D eigenvalue weighted by Crippen LogP contribution is 2.23. The number of hydrogen-bond acceptors (Lipinski definition) is 3. The summed E-state index contributed by atoms with van der Waals surface area (Å²) in [6.45, 7) is 3.28. The molecule has 0 bridgehead atoms. The molecule has 1 aromatic carbocycles. The largest absolute Gasteiger partial charge is 0.381 e. The molecular weight excluding hydrogens is 311 g/mol. The van der Waals surface area contributed by atoms with Crippen LogP contribution >= 0.6 is 24.0 Å². The van der Waals surface area contributed by atoms with Gasteiger partial charge in [-0.15, -0.1) is 12.4 Å². The van der Waals surface area contributed by atoms with Crippen molar-refractivity contribution < 1.29 is 9.53 Å². The van der Waals surface area contributed by atoms with Gasteiger partial charge in [-0.05, 0) is 37.3 Å². The van der Waals surface area contributed by atoms with Crippen LogP contribution in [0.3, 0.4) is 0 Å². The third-order valence-corrected chi connectivity index (χ3v) is 4.15. The number of ether oxygens (including phenoxy) is 1. The van der Waals surface area contributed by atoms with E-state index in [2.05, 4.69) is 5.32 Å². The first-order chi connectivity index (χ1) is 9.59. The summed E-state index contributed by atoms with van der Waals surface area (Å²) in [5, 5.41) is 3.60. The zero-order valence-electron chi connectivity index (χ0n) is 12.0. The fourth-order valence-corrected chi connectivity index (χ4v) is 2.80. The lowest BCUT2D eigenvalue weighted by atomic mass is 9.91. The summed E-state index contributed by atoms with van der Waals surface area (Å²) in [4.78, 5) is 12.2. The van der Waals surface area contributed by atoms with Crippen molar-refractivity contribution in [2.45, 2.75) is 31.8 Å². The maximum atomic E-state index is 12.2. The van der Waals surface area contributed by atoms with Crippen molar-refractivity contribution in [3.63, 3.8) is 0 Å². The van der Waals surface area contributed by atoms with Gasteiger partial charge in [-0.25, -0.2) is 0 Å². The molecule has 0 spiro atoms. The zero-order valence-corrected chi connectivity index (χ0v) is 13.6. The van der Waals surface area contributed by atoms with E-state index in [4.69, 9.17) is 22.1 Å². The molecule has 3 N–H and O–H groups in total. The highest BCUT2D eigenvalue weighted by Gasteiger charge is 2.27. The van der Waals surface area contributed by atoms with E-state index in [0.29, 0.717) is 18.2 Å². The van der Waals surface area contributed by atoms with E-state index in [0.717, 1.165) is 18.4 Å². The quantitative estimate of drug-likeness (QED) is 0.890. The lowest BCUT2D eigenvalue weighted by Gasteiger charge is -2.28. The van der Waals surface area contributed by atoms with Crippen LogP contribution in [0.25, 0.3) is 0 Å². The normalized spacial score (nSPS) is 18.4. The predicted octanol–water partition coefficient (Wildman–Crippen LogP) is 2.69. The predicted molar refractivity (Wildman–Crippen MR) is 86.8 cm³/mol. The molecule has 1 amide bonds. The van der Waals surface area contributed by atoms with Gasteiger partial charge in [0.1, 0.15) is 0 Å². The standard InChI is InChI=1S/C15H21ClN2O2.ClH/c1-10(12-4-2-3-5-13(12)16)18-15(19)14(17)11-6-8-20-9-7-11;/h2-5,10-11,14H,6-9,17H2,1H3,(H,18,19);1H. The smallest absolute Gasteiger partial charge is 0.237 e. The van der Waals surface area contributed by atoms with Crippen molar-refractivity contribution in [1.82, 2.24) is 5.32 Å². The number of benzene rings is 1. The van der Waals surface area contributed by atoms with Gasteiger partial charge in [-0.1, -0.05) is 29.8 Å².